The molecule has 0 aromatic heterocycles. The molecule has 19 heavy (non-hydrogen) atoms. The second kappa shape index (κ2) is 7.19. The van der Waals surface area contributed by atoms with Gasteiger partial charge in [-0.3, -0.25) is 0 Å². The Kier molecular flexibility index (Phi) is 5.89. The molecule has 1 N–H and O–H groups in total. The van der Waals surface area contributed by atoms with E-state index in [-0.39, 0.29) is 0 Å². The van der Waals surface area contributed by atoms with E-state index < -0.39 is 5.97 Å². The van der Waals surface area contributed by atoms with Crippen molar-refractivity contribution >= 4 is 27.5 Å². The zero-order valence-electron chi connectivity index (χ0n) is 11.2. The molecule has 1 rings (SSSR count). The van der Waals surface area contributed by atoms with E-state index in [0.717, 1.165) is 22.0 Å². The Balaban J connectivity index is 3.34. The van der Waals surface area contributed by atoms with E-state index in [0.29, 0.717) is 17.9 Å². The number of allylic oxidation sites excluding steroid dienone is 1. The van der Waals surface area contributed by atoms with Crippen LogP contribution in [-0.4, -0.2) is 25.3 Å². The lowest BCUT2D eigenvalue weighted by Gasteiger charge is -2.13. The lowest BCUT2D eigenvalue weighted by molar-refractivity contribution is -0.131. The maximum Gasteiger partial charge on any atom is 0.328 e. The summed E-state index contributed by atoms with van der Waals surface area (Å²) < 4.78 is 11.2. The third-order valence-corrected chi connectivity index (χ3v) is 3.29. The van der Waals surface area contributed by atoms with E-state index >= 15 is 0 Å². The lowest BCUT2D eigenvalue weighted by atomic mass is 10.0. The molecule has 1 aromatic carbocycles. The van der Waals surface area contributed by atoms with Crippen molar-refractivity contribution in [1.82, 2.24) is 0 Å². The van der Waals surface area contributed by atoms with Crippen molar-refractivity contribution in [2.24, 2.45) is 0 Å². The summed E-state index contributed by atoms with van der Waals surface area (Å²) in [6.45, 7) is 2.00. The van der Waals surface area contributed by atoms with Crippen LogP contribution in [-0.2, 0) is 4.79 Å². The minimum atomic E-state index is -0.954. The van der Waals surface area contributed by atoms with E-state index in [4.69, 9.17) is 14.6 Å². The van der Waals surface area contributed by atoms with Gasteiger partial charge in [-0.05, 0) is 29.7 Å². The molecule has 4 nitrogen and oxygen atoms in total. The number of carbonyl (C=O) groups is 1. The van der Waals surface area contributed by atoms with Crippen LogP contribution in [0.3, 0.4) is 0 Å². The molecule has 0 aliphatic heterocycles. The Morgan fingerprint density at radius 2 is 1.89 bits per heavy atom. The average molecular weight is 329 g/mol. The van der Waals surface area contributed by atoms with E-state index in [9.17, 15) is 4.79 Å². The second-order valence-electron chi connectivity index (χ2n) is 3.94. The number of carboxylic acid groups (broad SMARTS) is 1. The molecule has 1 aromatic rings. The number of methoxy groups -OCH3 is 2. The fraction of sp³-hybridized carbons (Fsp3) is 0.357. The fourth-order valence-corrected chi connectivity index (χ4v) is 2.38. The number of ether oxygens (including phenoxy) is 2. The highest BCUT2D eigenvalue weighted by Crippen LogP contribution is 2.37. The number of benzene rings is 1. The van der Waals surface area contributed by atoms with Crippen molar-refractivity contribution in [3.8, 4) is 11.5 Å². The van der Waals surface area contributed by atoms with Gasteiger partial charge in [-0.1, -0.05) is 29.3 Å². The van der Waals surface area contributed by atoms with E-state index in [1.807, 2.05) is 6.92 Å². The van der Waals surface area contributed by atoms with Gasteiger partial charge in [-0.15, -0.1) is 0 Å². The molecule has 0 unspecified atom stereocenters. The standard InChI is InChI=1S/C14H17BrO4/c1-4-5-9(6-14(16)17)10-7-12(18-2)13(19-3)8-11(10)15/h6-8H,4-5H2,1-3H3,(H,16,17)/b9-6+. The molecule has 0 aliphatic rings. The molecule has 0 saturated carbocycles. The fourth-order valence-electron chi connectivity index (χ4n) is 1.80. The zero-order valence-corrected chi connectivity index (χ0v) is 12.8. The summed E-state index contributed by atoms with van der Waals surface area (Å²) in [7, 11) is 3.11. The SMILES string of the molecule is CCC/C(=C\C(=O)O)c1cc(OC)c(OC)cc1Br. The van der Waals surface area contributed by atoms with Gasteiger partial charge in [-0.2, -0.15) is 0 Å². The molecule has 0 spiro atoms. The highest BCUT2D eigenvalue weighted by molar-refractivity contribution is 9.10. The second-order valence-corrected chi connectivity index (χ2v) is 4.80. The Morgan fingerprint density at radius 3 is 2.37 bits per heavy atom. The summed E-state index contributed by atoms with van der Waals surface area (Å²) in [5.41, 5.74) is 1.56. The van der Waals surface area contributed by atoms with Gasteiger partial charge in [0.1, 0.15) is 0 Å². The quantitative estimate of drug-likeness (QED) is 0.808. The maximum absolute atomic E-state index is 10.9. The number of aliphatic carboxylic acids is 1. The molecule has 0 amide bonds. The molecule has 0 atom stereocenters. The smallest absolute Gasteiger partial charge is 0.328 e. The van der Waals surface area contributed by atoms with Crippen molar-refractivity contribution in [3.05, 3.63) is 28.2 Å². The van der Waals surface area contributed by atoms with Gasteiger partial charge < -0.3 is 14.6 Å². The predicted octanol–water partition coefficient (Wildman–Crippen LogP) is 3.73. The van der Waals surface area contributed by atoms with Crippen LogP contribution < -0.4 is 9.47 Å². The molecular weight excluding hydrogens is 312 g/mol. The average Bonchev–Trinajstić information content (AvgIpc) is 2.37. The third kappa shape index (κ3) is 3.99. The van der Waals surface area contributed by atoms with Gasteiger partial charge in [0.15, 0.2) is 11.5 Å². The number of rotatable bonds is 6. The summed E-state index contributed by atoms with van der Waals surface area (Å²) in [4.78, 5) is 10.9. The van der Waals surface area contributed by atoms with Gasteiger partial charge >= 0.3 is 5.97 Å². The highest BCUT2D eigenvalue weighted by atomic mass is 79.9. The van der Waals surface area contributed by atoms with Crippen LogP contribution in [0, 0.1) is 0 Å². The highest BCUT2D eigenvalue weighted by Gasteiger charge is 2.13. The lowest BCUT2D eigenvalue weighted by Crippen LogP contribution is -1.97. The molecule has 0 aliphatic carbocycles. The van der Waals surface area contributed by atoms with Crippen LogP contribution in [0.25, 0.3) is 5.57 Å². The topological polar surface area (TPSA) is 55.8 Å². The van der Waals surface area contributed by atoms with Gasteiger partial charge in [0.25, 0.3) is 0 Å². The molecule has 0 heterocycles. The summed E-state index contributed by atoms with van der Waals surface area (Å²) in [6.07, 6.45) is 2.77. The Bertz CT molecular complexity index is 494. The van der Waals surface area contributed by atoms with Crippen molar-refractivity contribution in [3.63, 3.8) is 0 Å². The number of carboxylic acids is 1. The van der Waals surface area contributed by atoms with Crippen molar-refractivity contribution in [2.45, 2.75) is 19.8 Å². The first-order chi connectivity index (χ1) is 9.03. The number of hydrogen-bond donors (Lipinski definition) is 1. The normalized spacial score (nSPS) is 11.3. The van der Waals surface area contributed by atoms with Crippen molar-refractivity contribution in [1.29, 1.82) is 0 Å². The summed E-state index contributed by atoms with van der Waals surface area (Å²) in [5, 5.41) is 8.94. The van der Waals surface area contributed by atoms with E-state index in [1.165, 1.54) is 6.08 Å². The Morgan fingerprint density at radius 1 is 1.32 bits per heavy atom. The molecule has 0 fully saturated rings. The Labute approximate surface area is 121 Å². The maximum atomic E-state index is 10.9. The summed E-state index contributed by atoms with van der Waals surface area (Å²) >= 11 is 3.44. The predicted molar refractivity (Wildman–Crippen MR) is 77.8 cm³/mol. The van der Waals surface area contributed by atoms with Crippen LogP contribution in [0.2, 0.25) is 0 Å². The monoisotopic (exact) mass is 328 g/mol. The van der Waals surface area contributed by atoms with Gasteiger partial charge in [0.05, 0.1) is 14.2 Å². The third-order valence-electron chi connectivity index (χ3n) is 2.64. The van der Waals surface area contributed by atoms with E-state index in [1.54, 1.807) is 26.4 Å². The summed E-state index contributed by atoms with van der Waals surface area (Å²) in [6, 6.07) is 3.56. The summed E-state index contributed by atoms with van der Waals surface area (Å²) in [5.74, 6) is 0.225. The van der Waals surface area contributed by atoms with Gasteiger partial charge in [-0.25, -0.2) is 4.79 Å². The van der Waals surface area contributed by atoms with Crippen LogP contribution in [0.1, 0.15) is 25.3 Å². The van der Waals surface area contributed by atoms with Crippen LogP contribution in [0.5, 0.6) is 11.5 Å². The van der Waals surface area contributed by atoms with Gasteiger partial charge in [0.2, 0.25) is 0 Å². The molecule has 0 bridgehead atoms. The Hall–Kier alpha value is -1.49. The minimum Gasteiger partial charge on any atom is -0.493 e. The molecule has 104 valence electrons. The molecule has 0 radical (unpaired) electrons. The van der Waals surface area contributed by atoms with Crippen molar-refractivity contribution in [2.75, 3.05) is 14.2 Å². The molecule has 0 saturated heterocycles. The first-order valence-electron chi connectivity index (χ1n) is 5.88. The zero-order chi connectivity index (χ0) is 14.4. The van der Waals surface area contributed by atoms with Crippen molar-refractivity contribution < 1.29 is 19.4 Å². The van der Waals surface area contributed by atoms with Crippen LogP contribution in [0.15, 0.2) is 22.7 Å². The number of hydrogen-bond acceptors (Lipinski definition) is 3. The van der Waals surface area contributed by atoms with Crippen LogP contribution in [0.4, 0.5) is 0 Å². The van der Waals surface area contributed by atoms with E-state index in [2.05, 4.69) is 15.9 Å². The first-order valence-corrected chi connectivity index (χ1v) is 6.68. The first kappa shape index (κ1) is 15.6. The molecular formula is C14H17BrO4. The number of halogens is 1. The van der Waals surface area contributed by atoms with Crippen LogP contribution >= 0.6 is 15.9 Å². The molecule has 5 heteroatoms. The minimum absolute atomic E-state index is 0.577. The van der Waals surface area contributed by atoms with Gasteiger partial charge in [0, 0.05) is 10.5 Å². The largest absolute Gasteiger partial charge is 0.493 e.